The molecule has 3 rings (SSSR count). The highest BCUT2D eigenvalue weighted by Crippen LogP contribution is 2.44. The van der Waals surface area contributed by atoms with Gasteiger partial charge in [-0.3, -0.25) is 19.5 Å². The van der Waals surface area contributed by atoms with Crippen LogP contribution in [0.2, 0.25) is 0 Å². The fraction of sp³-hybridized carbons (Fsp3) is 0.545. The lowest BCUT2D eigenvalue weighted by molar-refractivity contribution is -0.385. The molecular weight excluding hydrogens is 248 g/mol. The van der Waals surface area contributed by atoms with E-state index in [1.807, 2.05) is 7.05 Å². The Bertz CT molecular complexity index is 625. The number of hydrogen-bond acceptors (Lipinski definition) is 5. The van der Waals surface area contributed by atoms with Crippen molar-refractivity contribution in [2.24, 2.45) is 7.05 Å². The zero-order valence-electron chi connectivity index (χ0n) is 10.7. The second-order valence-corrected chi connectivity index (χ2v) is 4.88. The van der Waals surface area contributed by atoms with Crippen LogP contribution in [0.5, 0.6) is 0 Å². The molecule has 0 aliphatic heterocycles. The molecule has 0 N–H and O–H groups in total. The summed E-state index contributed by atoms with van der Waals surface area (Å²) in [5.41, 5.74) is 0.702. The van der Waals surface area contributed by atoms with Gasteiger partial charge in [-0.25, -0.2) is 4.98 Å². The van der Waals surface area contributed by atoms with Gasteiger partial charge in [0, 0.05) is 13.0 Å². The van der Waals surface area contributed by atoms with E-state index in [2.05, 4.69) is 15.2 Å². The van der Waals surface area contributed by atoms with Gasteiger partial charge in [0.15, 0.2) is 0 Å². The van der Waals surface area contributed by atoms with Crippen LogP contribution in [0.1, 0.15) is 36.3 Å². The van der Waals surface area contributed by atoms with Crippen LogP contribution in [0.15, 0.2) is 12.5 Å². The van der Waals surface area contributed by atoms with Gasteiger partial charge in [-0.15, -0.1) is 0 Å². The third-order valence-electron chi connectivity index (χ3n) is 3.79. The van der Waals surface area contributed by atoms with Crippen molar-refractivity contribution < 1.29 is 4.92 Å². The molecule has 0 unspecified atom stereocenters. The van der Waals surface area contributed by atoms with E-state index in [1.54, 1.807) is 22.6 Å². The van der Waals surface area contributed by atoms with Gasteiger partial charge in [0.1, 0.15) is 24.0 Å². The van der Waals surface area contributed by atoms with Crippen LogP contribution >= 0.6 is 0 Å². The van der Waals surface area contributed by atoms with Gasteiger partial charge in [0.2, 0.25) is 0 Å². The highest BCUT2D eigenvalue weighted by atomic mass is 16.6. The van der Waals surface area contributed by atoms with Gasteiger partial charge in [0.25, 0.3) is 0 Å². The SMILES string of the molecule is Cc1c([N+](=O)[O-])cnn1[C@H]1C[C@H](c2ncnn2C)C1. The molecule has 0 radical (unpaired) electrons. The minimum absolute atomic E-state index is 0.0853. The van der Waals surface area contributed by atoms with Crippen LogP contribution in [-0.2, 0) is 7.05 Å². The van der Waals surface area contributed by atoms with E-state index in [-0.39, 0.29) is 11.7 Å². The smallest absolute Gasteiger partial charge is 0.260 e. The summed E-state index contributed by atoms with van der Waals surface area (Å²) >= 11 is 0. The minimum Gasteiger partial charge on any atom is -0.260 e. The molecule has 100 valence electrons. The van der Waals surface area contributed by atoms with E-state index in [9.17, 15) is 10.1 Å². The first kappa shape index (κ1) is 11.8. The summed E-state index contributed by atoms with van der Waals surface area (Å²) in [5.74, 6) is 1.33. The summed E-state index contributed by atoms with van der Waals surface area (Å²) in [7, 11) is 1.87. The van der Waals surface area contributed by atoms with Crippen LogP contribution in [0.4, 0.5) is 5.69 Å². The third kappa shape index (κ3) is 1.79. The first-order valence-electron chi connectivity index (χ1n) is 6.10. The molecule has 19 heavy (non-hydrogen) atoms. The summed E-state index contributed by atoms with van der Waals surface area (Å²) in [4.78, 5) is 14.6. The van der Waals surface area contributed by atoms with E-state index in [0.717, 1.165) is 18.7 Å². The molecule has 1 saturated carbocycles. The average molecular weight is 262 g/mol. The number of hydrogen-bond donors (Lipinski definition) is 0. The Morgan fingerprint density at radius 3 is 2.68 bits per heavy atom. The Hall–Kier alpha value is -2.25. The van der Waals surface area contributed by atoms with Crippen LogP contribution in [0.25, 0.3) is 0 Å². The van der Waals surface area contributed by atoms with Crippen molar-refractivity contribution >= 4 is 5.69 Å². The topological polar surface area (TPSA) is 91.7 Å². The molecule has 8 nitrogen and oxygen atoms in total. The largest absolute Gasteiger partial charge is 0.309 e. The quantitative estimate of drug-likeness (QED) is 0.615. The first-order chi connectivity index (χ1) is 9.08. The van der Waals surface area contributed by atoms with Crippen LogP contribution in [-0.4, -0.2) is 29.5 Å². The maximum atomic E-state index is 10.8. The monoisotopic (exact) mass is 262 g/mol. The summed E-state index contributed by atoms with van der Waals surface area (Å²) < 4.78 is 3.53. The van der Waals surface area contributed by atoms with Crippen LogP contribution in [0, 0.1) is 17.0 Å². The van der Waals surface area contributed by atoms with Gasteiger partial charge in [-0.05, 0) is 19.8 Å². The van der Waals surface area contributed by atoms with Crippen molar-refractivity contribution in [2.75, 3.05) is 0 Å². The Labute approximate surface area is 109 Å². The maximum absolute atomic E-state index is 10.8. The zero-order chi connectivity index (χ0) is 13.6. The standard InChI is InChI=1S/C11H14N6O2/c1-7-10(17(18)19)5-13-16(7)9-3-8(4-9)11-12-6-14-15(11)2/h5-6,8-9H,3-4H2,1-2H3/t8-,9-. The Morgan fingerprint density at radius 2 is 2.16 bits per heavy atom. The van der Waals surface area contributed by atoms with Gasteiger partial charge in [0.05, 0.1) is 11.0 Å². The number of nitrogens with zero attached hydrogens (tertiary/aromatic N) is 6. The number of nitro groups is 1. The molecule has 0 amide bonds. The molecule has 0 spiro atoms. The summed E-state index contributed by atoms with van der Waals surface area (Å²) in [5, 5.41) is 19.0. The lowest BCUT2D eigenvalue weighted by Crippen LogP contribution is -2.28. The third-order valence-corrected chi connectivity index (χ3v) is 3.79. The Balaban J connectivity index is 1.74. The summed E-state index contributed by atoms with van der Waals surface area (Å²) in [6, 6.07) is 0.218. The van der Waals surface area contributed by atoms with E-state index < -0.39 is 4.92 Å². The Kier molecular flexibility index (Phi) is 2.58. The van der Waals surface area contributed by atoms with E-state index >= 15 is 0 Å². The molecule has 1 aliphatic rings. The van der Waals surface area contributed by atoms with Gasteiger partial charge >= 0.3 is 5.69 Å². The van der Waals surface area contributed by atoms with Crippen molar-refractivity contribution in [1.82, 2.24) is 24.5 Å². The lowest BCUT2D eigenvalue weighted by atomic mass is 9.79. The van der Waals surface area contributed by atoms with E-state index in [4.69, 9.17) is 0 Å². The molecule has 0 aromatic carbocycles. The molecule has 2 aromatic heterocycles. The maximum Gasteiger partial charge on any atom is 0.309 e. The molecule has 2 heterocycles. The van der Waals surface area contributed by atoms with Gasteiger partial charge in [-0.2, -0.15) is 10.2 Å². The predicted octanol–water partition coefficient (Wildman–Crippen LogP) is 1.35. The van der Waals surface area contributed by atoms with Crippen molar-refractivity contribution in [3.05, 3.63) is 34.2 Å². The molecule has 0 saturated heterocycles. The molecule has 1 aliphatic carbocycles. The lowest BCUT2D eigenvalue weighted by Gasteiger charge is -2.34. The Morgan fingerprint density at radius 1 is 1.42 bits per heavy atom. The highest BCUT2D eigenvalue weighted by Gasteiger charge is 2.36. The van der Waals surface area contributed by atoms with E-state index in [1.165, 1.54) is 6.20 Å². The molecule has 1 fully saturated rings. The second kappa shape index (κ2) is 4.15. The normalized spacial score (nSPS) is 22.2. The number of aryl methyl sites for hydroxylation is 1. The van der Waals surface area contributed by atoms with Crippen LogP contribution < -0.4 is 0 Å². The highest BCUT2D eigenvalue weighted by molar-refractivity contribution is 5.32. The van der Waals surface area contributed by atoms with Crippen LogP contribution in [0.3, 0.4) is 0 Å². The fourth-order valence-corrected chi connectivity index (χ4v) is 2.63. The van der Waals surface area contributed by atoms with Crippen molar-refractivity contribution in [3.8, 4) is 0 Å². The molecule has 2 aromatic rings. The molecule has 0 atom stereocenters. The first-order valence-corrected chi connectivity index (χ1v) is 6.10. The average Bonchev–Trinajstić information content (AvgIpc) is 2.86. The van der Waals surface area contributed by atoms with Gasteiger partial charge < -0.3 is 0 Å². The fourth-order valence-electron chi connectivity index (χ4n) is 2.63. The molecule has 8 heteroatoms. The summed E-state index contributed by atoms with van der Waals surface area (Å²) in [6.45, 7) is 1.74. The van der Waals surface area contributed by atoms with Crippen molar-refractivity contribution in [2.45, 2.75) is 31.7 Å². The zero-order valence-corrected chi connectivity index (χ0v) is 10.7. The molecule has 0 bridgehead atoms. The van der Waals surface area contributed by atoms with Gasteiger partial charge in [-0.1, -0.05) is 0 Å². The number of rotatable bonds is 3. The van der Waals surface area contributed by atoms with Crippen molar-refractivity contribution in [1.29, 1.82) is 0 Å². The summed E-state index contributed by atoms with van der Waals surface area (Å²) in [6.07, 6.45) is 4.66. The minimum atomic E-state index is -0.391. The van der Waals surface area contributed by atoms with Crippen molar-refractivity contribution in [3.63, 3.8) is 0 Å². The number of aromatic nitrogens is 5. The molecular formula is C11H14N6O2. The predicted molar refractivity (Wildman–Crippen MR) is 65.6 cm³/mol. The second-order valence-electron chi connectivity index (χ2n) is 4.88. The van der Waals surface area contributed by atoms with E-state index in [0.29, 0.717) is 11.6 Å².